The maximum absolute atomic E-state index is 11.9. The number of rotatable bonds is 2. The van der Waals surface area contributed by atoms with E-state index in [-0.39, 0.29) is 17.9 Å². The number of anilines is 1. The normalized spacial score (nSPS) is 23.1. The Balaban J connectivity index is 2.05. The molecule has 2 rings (SSSR count). The second-order valence-corrected chi connectivity index (χ2v) is 4.27. The molecule has 0 radical (unpaired) electrons. The second-order valence-electron chi connectivity index (χ2n) is 4.27. The lowest BCUT2D eigenvalue weighted by molar-refractivity contribution is -0.126. The van der Waals surface area contributed by atoms with Gasteiger partial charge in [0.05, 0.1) is 0 Å². The van der Waals surface area contributed by atoms with Gasteiger partial charge in [0.2, 0.25) is 0 Å². The summed E-state index contributed by atoms with van der Waals surface area (Å²) in [6, 6.07) is 7.24. The molecule has 0 aromatic heterocycles. The fourth-order valence-corrected chi connectivity index (χ4v) is 1.93. The Morgan fingerprint density at radius 3 is 3.06 bits per heavy atom. The van der Waals surface area contributed by atoms with Crippen molar-refractivity contribution in [3.05, 3.63) is 29.8 Å². The van der Waals surface area contributed by atoms with Gasteiger partial charge in [-0.25, -0.2) is 0 Å². The summed E-state index contributed by atoms with van der Waals surface area (Å²) in [5, 5.41) is 2.83. The molecule has 1 heterocycles. The van der Waals surface area contributed by atoms with E-state index in [2.05, 4.69) is 11.2 Å². The smallest absolute Gasteiger partial charge is 0.253 e. The van der Waals surface area contributed by atoms with Crippen LogP contribution >= 0.6 is 0 Å². The summed E-state index contributed by atoms with van der Waals surface area (Å²) in [5.41, 5.74) is 1.47. The van der Waals surface area contributed by atoms with Crippen LogP contribution < -0.4 is 5.32 Å². The molecule has 1 aromatic rings. The largest absolute Gasteiger partial charge is 0.368 e. The predicted molar refractivity (Wildman–Crippen MR) is 66.5 cm³/mol. The molecular formula is C14H15NO2. The van der Waals surface area contributed by atoms with Crippen LogP contribution in [-0.4, -0.2) is 18.6 Å². The number of ether oxygens (including phenoxy) is 1. The minimum Gasteiger partial charge on any atom is -0.368 e. The van der Waals surface area contributed by atoms with Crippen LogP contribution in [0.25, 0.3) is 0 Å². The third kappa shape index (κ3) is 2.66. The van der Waals surface area contributed by atoms with E-state index in [1.165, 1.54) is 0 Å². The number of hydrogen-bond acceptors (Lipinski definition) is 2. The molecule has 3 nitrogen and oxygen atoms in total. The SMILES string of the molecule is C#Cc1cccc(NC(=O)C2OCCC2C)c1. The third-order valence-electron chi connectivity index (χ3n) is 2.94. The van der Waals surface area contributed by atoms with Gasteiger partial charge in [0.15, 0.2) is 0 Å². The molecule has 0 saturated carbocycles. The average Bonchev–Trinajstić information content (AvgIpc) is 2.76. The minimum atomic E-state index is -0.343. The maximum atomic E-state index is 11.9. The molecule has 0 aliphatic carbocycles. The number of benzene rings is 1. The summed E-state index contributed by atoms with van der Waals surface area (Å²) in [4.78, 5) is 11.9. The van der Waals surface area contributed by atoms with Gasteiger partial charge < -0.3 is 10.1 Å². The lowest BCUT2D eigenvalue weighted by Crippen LogP contribution is -2.31. The van der Waals surface area contributed by atoms with Crippen molar-refractivity contribution < 1.29 is 9.53 Å². The van der Waals surface area contributed by atoms with Crippen molar-refractivity contribution in [2.24, 2.45) is 5.92 Å². The molecule has 1 amide bonds. The highest BCUT2D eigenvalue weighted by Gasteiger charge is 2.30. The van der Waals surface area contributed by atoms with Gasteiger partial charge in [-0.3, -0.25) is 4.79 Å². The van der Waals surface area contributed by atoms with Crippen LogP contribution in [0.3, 0.4) is 0 Å². The summed E-state index contributed by atoms with van der Waals surface area (Å²) in [5.74, 6) is 2.71. The number of carbonyl (C=O) groups is 1. The summed E-state index contributed by atoms with van der Waals surface area (Å²) in [6.45, 7) is 2.68. The molecule has 1 aliphatic heterocycles. The first-order chi connectivity index (χ1) is 8.20. The Labute approximate surface area is 101 Å². The fourth-order valence-electron chi connectivity index (χ4n) is 1.93. The highest BCUT2D eigenvalue weighted by molar-refractivity contribution is 5.94. The lowest BCUT2D eigenvalue weighted by Gasteiger charge is -2.14. The first-order valence-electron chi connectivity index (χ1n) is 5.70. The molecule has 88 valence electrons. The Morgan fingerprint density at radius 2 is 2.41 bits per heavy atom. The molecular weight excluding hydrogens is 214 g/mol. The summed E-state index contributed by atoms with van der Waals surface area (Å²) in [7, 11) is 0. The molecule has 1 fully saturated rings. The molecule has 17 heavy (non-hydrogen) atoms. The van der Waals surface area contributed by atoms with Gasteiger partial charge in [-0.05, 0) is 30.5 Å². The van der Waals surface area contributed by atoms with Gasteiger partial charge >= 0.3 is 0 Å². The van der Waals surface area contributed by atoms with Crippen LogP contribution in [0, 0.1) is 18.3 Å². The standard InChI is InChI=1S/C14H15NO2/c1-3-11-5-4-6-12(9-11)15-14(16)13-10(2)7-8-17-13/h1,4-6,9-10,13H,7-8H2,2H3,(H,15,16). The topological polar surface area (TPSA) is 38.3 Å². The number of terminal acetylenes is 1. The molecule has 0 bridgehead atoms. The van der Waals surface area contributed by atoms with Crippen LogP contribution in [-0.2, 0) is 9.53 Å². The monoisotopic (exact) mass is 229 g/mol. The quantitative estimate of drug-likeness (QED) is 0.788. The van der Waals surface area contributed by atoms with Gasteiger partial charge in [0.1, 0.15) is 6.10 Å². The van der Waals surface area contributed by atoms with Gasteiger partial charge in [0.25, 0.3) is 5.91 Å². The fraction of sp³-hybridized carbons (Fsp3) is 0.357. The van der Waals surface area contributed by atoms with E-state index in [0.29, 0.717) is 12.3 Å². The molecule has 0 spiro atoms. The van der Waals surface area contributed by atoms with E-state index in [1.54, 1.807) is 6.07 Å². The number of carbonyl (C=O) groups excluding carboxylic acids is 1. The van der Waals surface area contributed by atoms with Crippen molar-refractivity contribution in [2.75, 3.05) is 11.9 Å². The molecule has 1 aliphatic rings. The van der Waals surface area contributed by atoms with Crippen LogP contribution in [0.1, 0.15) is 18.9 Å². The second kappa shape index (κ2) is 5.03. The van der Waals surface area contributed by atoms with Gasteiger partial charge in [0, 0.05) is 17.9 Å². The Morgan fingerprint density at radius 1 is 1.59 bits per heavy atom. The molecule has 3 heteroatoms. The van der Waals surface area contributed by atoms with Gasteiger partial charge in [-0.2, -0.15) is 0 Å². The Hall–Kier alpha value is -1.79. The zero-order chi connectivity index (χ0) is 12.3. The first-order valence-corrected chi connectivity index (χ1v) is 5.70. The van der Waals surface area contributed by atoms with Crippen molar-refractivity contribution >= 4 is 11.6 Å². The van der Waals surface area contributed by atoms with Crippen LogP contribution in [0.2, 0.25) is 0 Å². The zero-order valence-corrected chi connectivity index (χ0v) is 9.77. The number of nitrogens with one attached hydrogen (secondary N) is 1. The molecule has 2 atom stereocenters. The number of hydrogen-bond donors (Lipinski definition) is 1. The van der Waals surface area contributed by atoms with Crippen molar-refractivity contribution in [3.63, 3.8) is 0 Å². The van der Waals surface area contributed by atoms with Crippen molar-refractivity contribution in [1.29, 1.82) is 0 Å². The zero-order valence-electron chi connectivity index (χ0n) is 9.77. The van der Waals surface area contributed by atoms with E-state index in [1.807, 2.05) is 25.1 Å². The first kappa shape index (κ1) is 11.7. The van der Waals surface area contributed by atoms with E-state index in [0.717, 1.165) is 12.0 Å². The Bertz CT molecular complexity index is 462. The molecule has 2 unspecified atom stereocenters. The lowest BCUT2D eigenvalue weighted by atomic mass is 10.0. The van der Waals surface area contributed by atoms with E-state index >= 15 is 0 Å². The van der Waals surface area contributed by atoms with Crippen molar-refractivity contribution in [3.8, 4) is 12.3 Å². The van der Waals surface area contributed by atoms with Crippen molar-refractivity contribution in [1.82, 2.24) is 0 Å². The van der Waals surface area contributed by atoms with Crippen LogP contribution in [0.4, 0.5) is 5.69 Å². The molecule has 1 N–H and O–H groups in total. The van der Waals surface area contributed by atoms with E-state index in [4.69, 9.17) is 11.2 Å². The molecule has 1 saturated heterocycles. The highest BCUT2D eigenvalue weighted by Crippen LogP contribution is 2.21. The summed E-state index contributed by atoms with van der Waals surface area (Å²) < 4.78 is 5.40. The van der Waals surface area contributed by atoms with Crippen LogP contribution in [0.5, 0.6) is 0 Å². The van der Waals surface area contributed by atoms with E-state index < -0.39 is 0 Å². The highest BCUT2D eigenvalue weighted by atomic mass is 16.5. The van der Waals surface area contributed by atoms with E-state index in [9.17, 15) is 4.79 Å². The summed E-state index contributed by atoms with van der Waals surface area (Å²) >= 11 is 0. The molecule has 1 aromatic carbocycles. The predicted octanol–water partition coefficient (Wildman–Crippen LogP) is 2.03. The Kier molecular flexibility index (Phi) is 3.46. The number of amides is 1. The van der Waals surface area contributed by atoms with Crippen molar-refractivity contribution in [2.45, 2.75) is 19.4 Å². The third-order valence-corrected chi connectivity index (χ3v) is 2.94. The average molecular weight is 229 g/mol. The van der Waals surface area contributed by atoms with Gasteiger partial charge in [-0.1, -0.05) is 18.9 Å². The maximum Gasteiger partial charge on any atom is 0.253 e. The van der Waals surface area contributed by atoms with Gasteiger partial charge in [-0.15, -0.1) is 6.42 Å². The minimum absolute atomic E-state index is 0.0934. The van der Waals surface area contributed by atoms with Crippen LogP contribution in [0.15, 0.2) is 24.3 Å². The summed E-state index contributed by atoms with van der Waals surface area (Å²) in [6.07, 6.45) is 5.90.